The summed E-state index contributed by atoms with van der Waals surface area (Å²) < 4.78 is 9.91. The van der Waals surface area contributed by atoms with E-state index in [-0.39, 0.29) is 35.2 Å². The summed E-state index contributed by atoms with van der Waals surface area (Å²) in [4.78, 5) is 23.4. The molecule has 0 radical (unpaired) electrons. The summed E-state index contributed by atoms with van der Waals surface area (Å²) in [6.07, 6.45) is 0.763. The average Bonchev–Trinajstić information content (AvgIpc) is 2.41. The summed E-state index contributed by atoms with van der Waals surface area (Å²) >= 11 is 11.9. The highest BCUT2D eigenvalue weighted by atomic mass is 35.5. The number of ether oxygens (including phenoxy) is 2. The summed E-state index contributed by atoms with van der Waals surface area (Å²) in [5.74, 6) is -0.149. The van der Waals surface area contributed by atoms with E-state index in [4.69, 9.17) is 32.7 Å². The van der Waals surface area contributed by atoms with Crippen LogP contribution in [0, 0.1) is 0 Å². The lowest BCUT2D eigenvalue weighted by molar-refractivity contribution is -0.143. The van der Waals surface area contributed by atoms with E-state index in [1.807, 2.05) is 0 Å². The highest BCUT2D eigenvalue weighted by molar-refractivity contribution is 6.44. The normalized spacial score (nSPS) is 10.2. The van der Waals surface area contributed by atoms with Gasteiger partial charge in [0.1, 0.15) is 5.75 Å². The molecule has 0 bridgehead atoms. The molecule has 6 heteroatoms. The minimum atomic E-state index is -0.315. The van der Waals surface area contributed by atoms with Crippen LogP contribution in [0.25, 0.3) is 0 Å². The topological polar surface area (TPSA) is 52.6 Å². The Kier molecular flexibility index (Phi) is 6.82. The number of hydrogen-bond donors (Lipinski definition) is 0. The van der Waals surface area contributed by atoms with Gasteiger partial charge in [0.15, 0.2) is 5.78 Å². The highest BCUT2D eigenvalue weighted by Gasteiger charge is 2.19. The molecule has 1 rings (SSSR count). The maximum atomic E-state index is 12.2. The molecule has 110 valence electrons. The van der Waals surface area contributed by atoms with E-state index in [0.29, 0.717) is 23.8 Å². The van der Waals surface area contributed by atoms with Crippen molar-refractivity contribution in [3.8, 4) is 5.75 Å². The quantitative estimate of drug-likeness (QED) is 0.565. The SMILES string of the molecule is CCOC(=O)CCCC(=O)c1c(OC)ccc(Cl)c1Cl. The van der Waals surface area contributed by atoms with Crippen LogP contribution < -0.4 is 4.74 Å². The number of Topliss-reactive ketones (excluding diaryl/α,β-unsaturated/α-hetero) is 1. The van der Waals surface area contributed by atoms with E-state index in [1.54, 1.807) is 19.1 Å². The molecule has 0 amide bonds. The molecule has 0 fully saturated rings. The first kappa shape index (κ1) is 16.8. The van der Waals surface area contributed by atoms with Crippen molar-refractivity contribution in [2.24, 2.45) is 0 Å². The highest BCUT2D eigenvalue weighted by Crippen LogP contribution is 2.34. The predicted octanol–water partition coefficient (Wildman–Crippen LogP) is 3.92. The van der Waals surface area contributed by atoms with Gasteiger partial charge in [0, 0.05) is 12.8 Å². The lowest BCUT2D eigenvalue weighted by atomic mass is 10.0. The van der Waals surface area contributed by atoms with E-state index in [1.165, 1.54) is 7.11 Å². The van der Waals surface area contributed by atoms with Gasteiger partial charge in [-0.3, -0.25) is 9.59 Å². The Hall–Kier alpha value is -1.26. The Morgan fingerprint density at radius 1 is 1.20 bits per heavy atom. The van der Waals surface area contributed by atoms with E-state index >= 15 is 0 Å². The summed E-state index contributed by atoms with van der Waals surface area (Å²) in [7, 11) is 1.45. The number of carbonyl (C=O) groups excluding carboxylic acids is 2. The fraction of sp³-hybridized carbons (Fsp3) is 0.429. The number of carbonyl (C=O) groups is 2. The second kappa shape index (κ2) is 8.12. The van der Waals surface area contributed by atoms with Gasteiger partial charge in [0.25, 0.3) is 0 Å². The smallest absolute Gasteiger partial charge is 0.305 e. The molecular weight excluding hydrogens is 303 g/mol. The van der Waals surface area contributed by atoms with Gasteiger partial charge < -0.3 is 9.47 Å². The average molecular weight is 319 g/mol. The first-order chi connectivity index (χ1) is 9.51. The van der Waals surface area contributed by atoms with Crippen LogP contribution in [-0.4, -0.2) is 25.5 Å². The molecule has 0 spiro atoms. The number of rotatable bonds is 7. The summed E-state index contributed by atoms with van der Waals surface area (Å²) in [5, 5.41) is 0.466. The minimum absolute atomic E-state index is 0.173. The molecule has 0 aliphatic rings. The molecule has 20 heavy (non-hydrogen) atoms. The Morgan fingerprint density at radius 2 is 1.90 bits per heavy atom. The third kappa shape index (κ3) is 4.39. The van der Waals surface area contributed by atoms with E-state index in [9.17, 15) is 9.59 Å². The van der Waals surface area contributed by atoms with Crippen LogP contribution in [-0.2, 0) is 9.53 Å². The summed E-state index contributed by atoms with van der Waals surface area (Å²) in [6.45, 7) is 2.07. The molecule has 0 heterocycles. The summed E-state index contributed by atoms with van der Waals surface area (Å²) in [6, 6.07) is 3.16. The lowest BCUT2D eigenvalue weighted by Crippen LogP contribution is -2.07. The molecule has 1 aromatic carbocycles. The van der Waals surface area contributed by atoms with Crippen LogP contribution >= 0.6 is 23.2 Å². The van der Waals surface area contributed by atoms with Crippen LogP contribution in [0.15, 0.2) is 12.1 Å². The van der Waals surface area contributed by atoms with Crippen molar-refractivity contribution in [2.45, 2.75) is 26.2 Å². The van der Waals surface area contributed by atoms with Gasteiger partial charge >= 0.3 is 5.97 Å². The fourth-order valence-corrected chi connectivity index (χ4v) is 2.13. The zero-order valence-corrected chi connectivity index (χ0v) is 12.9. The van der Waals surface area contributed by atoms with Crippen molar-refractivity contribution in [3.05, 3.63) is 27.7 Å². The lowest BCUT2D eigenvalue weighted by Gasteiger charge is -2.10. The van der Waals surface area contributed by atoms with Crippen LogP contribution in [0.1, 0.15) is 36.5 Å². The first-order valence-electron chi connectivity index (χ1n) is 6.22. The molecule has 0 saturated heterocycles. The van der Waals surface area contributed by atoms with Gasteiger partial charge in [0.2, 0.25) is 0 Å². The van der Waals surface area contributed by atoms with Crippen LogP contribution in [0.5, 0.6) is 5.75 Å². The monoisotopic (exact) mass is 318 g/mol. The van der Waals surface area contributed by atoms with Crippen molar-refractivity contribution in [2.75, 3.05) is 13.7 Å². The van der Waals surface area contributed by atoms with Crippen LogP contribution in [0.4, 0.5) is 0 Å². The van der Waals surface area contributed by atoms with Crippen LogP contribution in [0.2, 0.25) is 10.0 Å². The maximum absolute atomic E-state index is 12.2. The number of ketones is 1. The Balaban J connectivity index is 2.73. The number of methoxy groups -OCH3 is 1. The van der Waals surface area contributed by atoms with Crippen molar-refractivity contribution in [1.29, 1.82) is 0 Å². The molecule has 0 unspecified atom stereocenters. The van der Waals surface area contributed by atoms with Gasteiger partial charge in [-0.25, -0.2) is 0 Å². The Labute approximate surface area is 128 Å². The number of hydrogen-bond acceptors (Lipinski definition) is 4. The second-order valence-electron chi connectivity index (χ2n) is 4.02. The van der Waals surface area contributed by atoms with E-state index < -0.39 is 0 Å². The van der Waals surface area contributed by atoms with E-state index in [0.717, 1.165) is 0 Å². The Morgan fingerprint density at radius 3 is 2.50 bits per heavy atom. The van der Waals surface area contributed by atoms with Crippen LogP contribution in [0.3, 0.4) is 0 Å². The molecule has 0 saturated carbocycles. The molecule has 0 atom stereocenters. The molecule has 0 aliphatic carbocycles. The molecule has 1 aromatic rings. The van der Waals surface area contributed by atoms with Crippen molar-refractivity contribution in [3.63, 3.8) is 0 Å². The first-order valence-corrected chi connectivity index (χ1v) is 6.97. The van der Waals surface area contributed by atoms with Gasteiger partial charge in [-0.05, 0) is 25.5 Å². The zero-order valence-electron chi connectivity index (χ0n) is 11.4. The molecule has 4 nitrogen and oxygen atoms in total. The fourth-order valence-electron chi connectivity index (χ4n) is 1.71. The summed E-state index contributed by atoms with van der Waals surface area (Å²) in [5.41, 5.74) is 0.255. The van der Waals surface area contributed by atoms with Gasteiger partial charge in [-0.2, -0.15) is 0 Å². The van der Waals surface area contributed by atoms with Crippen molar-refractivity contribution >= 4 is 35.0 Å². The van der Waals surface area contributed by atoms with Crippen molar-refractivity contribution in [1.82, 2.24) is 0 Å². The predicted molar refractivity (Wildman–Crippen MR) is 77.8 cm³/mol. The van der Waals surface area contributed by atoms with Gasteiger partial charge in [-0.1, -0.05) is 23.2 Å². The van der Waals surface area contributed by atoms with Gasteiger partial charge in [0.05, 0.1) is 29.3 Å². The van der Waals surface area contributed by atoms with Gasteiger partial charge in [-0.15, -0.1) is 0 Å². The minimum Gasteiger partial charge on any atom is -0.496 e. The van der Waals surface area contributed by atoms with E-state index in [2.05, 4.69) is 0 Å². The molecule has 0 N–H and O–H groups in total. The second-order valence-corrected chi connectivity index (χ2v) is 4.81. The number of esters is 1. The number of halogens is 2. The molecular formula is C14H16Cl2O4. The maximum Gasteiger partial charge on any atom is 0.305 e. The third-order valence-electron chi connectivity index (χ3n) is 2.65. The standard InChI is InChI=1S/C14H16Cl2O4/c1-3-20-12(18)6-4-5-10(17)13-11(19-2)8-7-9(15)14(13)16/h7-8H,3-6H2,1-2H3. The molecule has 0 aliphatic heterocycles. The molecule has 0 aromatic heterocycles. The zero-order chi connectivity index (χ0) is 15.1. The third-order valence-corrected chi connectivity index (χ3v) is 3.45. The Bertz CT molecular complexity index is 500. The number of benzene rings is 1. The largest absolute Gasteiger partial charge is 0.496 e. The van der Waals surface area contributed by atoms with Crippen molar-refractivity contribution < 1.29 is 19.1 Å².